The summed E-state index contributed by atoms with van der Waals surface area (Å²) in [6.07, 6.45) is 5.47. The first-order valence-electron chi connectivity index (χ1n) is 9.15. The molecule has 0 spiro atoms. The predicted molar refractivity (Wildman–Crippen MR) is 100 cm³/mol. The molecule has 1 saturated heterocycles. The van der Waals surface area contributed by atoms with Gasteiger partial charge in [0, 0.05) is 45.0 Å². The fourth-order valence-corrected chi connectivity index (χ4v) is 3.25. The van der Waals surface area contributed by atoms with Crippen molar-refractivity contribution in [3.63, 3.8) is 0 Å². The van der Waals surface area contributed by atoms with Crippen LogP contribution >= 0.6 is 0 Å². The molecule has 1 aliphatic heterocycles. The van der Waals surface area contributed by atoms with Crippen LogP contribution < -0.4 is 4.90 Å². The minimum atomic E-state index is -0.0171. The van der Waals surface area contributed by atoms with Crippen LogP contribution in [0, 0.1) is 0 Å². The van der Waals surface area contributed by atoms with Crippen LogP contribution in [0.5, 0.6) is 0 Å². The third-order valence-corrected chi connectivity index (χ3v) is 4.79. The SMILES string of the molecule is COCCn1cnnc1CN(C)C(=O)c1ccc(N2CCCCC2)cc1. The number of methoxy groups -OCH3 is 1. The number of nitrogens with zero attached hydrogens (tertiary/aromatic N) is 5. The Balaban J connectivity index is 1.62. The van der Waals surface area contributed by atoms with Gasteiger partial charge in [0.25, 0.3) is 5.91 Å². The Morgan fingerprint density at radius 2 is 1.92 bits per heavy atom. The molecule has 26 heavy (non-hydrogen) atoms. The molecule has 0 N–H and O–H groups in total. The number of hydrogen-bond acceptors (Lipinski definition) is 5. The first-order valence-corrected chi connectivity index (χ1v) is 9.15. The van der Waals surface area contributed by atoms with Gasteiger partial charge < -0.3 is 19.1 Å². The monoisotopic (exact) mass is 357 g/mol. The van der Waals surface area contributed by atoms with E-state index in [9.17, 15) is 4.79 Å². The first-order chi connectivity index (χ1) is 12.7. The molecule has 2 aromatic rings. The van der Waals surface area contributed by atoms with E-state index in [4.69, 9.17) is 4.74 Å². The van der Waals surface area contributed by atoms with Crippen molar-refractivity contribution >= 4 is 11.6 Å². The molecule has 0 atom stereocenters. The molecule has 1 aromatic carbocycles. The summed E-state index contributed by atoms with van der Waals surface area (Å²) in [5.74, 6) is 0.735. The van der Waals surface area contributed by atoms with Crippen molar-refractivity contribution in [3.05, 3.63) is 42.0 Å². The van der Waals surface area contributed by atoms with Gasteiger partial charge in [0.1, 0.15) is 6.33 Å². The van der Waals surface area contributed by atoms with Crippen LogP contribution in [0.25, 0.3) is 0 Å². The van der Waals surface area contributed by atoms with Crippen molar-refractivity contribution in [1.82, 2.24) is 19.7 Å². The summed E-state index contributed by atoms with van der Waals surface area (Å²) in [6, 6.07) is 7.93. The lowest BCUT2D eigenvalue weighted by molar-refractivity contribution is 0.0779. The summed E-state index contributed by atoms with van der Waals surface area (Å²) in [5, 5.41) is 8.05. The van der Waals surface area contributed by atoms with Crippen molar-refractivity contribution in [2.75, 3.05) is 38.8 Å². The van der Waals surface area contributed by atoms with Crippen molar-refractivity contribution in [3.8, 4) is 0 Å². The number of ether oxygens (including phenoxy) is 1. The van der Waals surface area contributed by atoms with Crippen molar-refractivity contribution in [2.45, 2.75) is 32.4 Å². The highest BCUT2D eigenvalue weighted by Gasteiger charge is 2.16. The Morgan fingerprint density at radius 1 is 1.19 bits per heavy atom. The maximum Gasteiger partial charge on any atom is 0.254 e. The quantitative estimate of drug-likeness (QED) is 0.760. The van der Waals surface area contributed by atoms with Crippen molar-refractivity contribution in [2.24, 2.45) is 0 Å². The number of carbonyl (C=O) groups is 1. The number of amides is 1. The average molecular weight is 357 g/mol. The van der Waals surface area contributed by atoms with E-state index in [1.807, 2.05) is 28.8 Å². The molecule has 0 saturated carbocycles. The lowest BCUT2D eigenvalue weighted by Gasteiger charge is -2.29. The zero-order valence-electron chi connectivity index (χ0n) is 15.6. The van der Waals surface area contributed by atoms with Crippen LogP contribution in [0.2, 0.25) is 0 Å². The third kappa shape index (κ3) is 4.40. The van der Waals surface area contributed by atoms with Gasteiger partial charge in [-0.25, -0.2) is 0 Å². The molecular formula is C19H27N5O2. The van der Waals surface area contributed by atoms with Gasteiger partial charge in [-0.3, -0.25) is 4.79 Å². The second-order valence-electron chi connectivity index (χ2n) is 6.69. The number of rotatable bonds is 7. The minimum Gasteiger partial charge on any atom is -0.383 e. The minimum absolute atomic E-state index is 0.0171. The zero-order valence-corrected chi connectivity index (χ0v) is 15.6. The largest absolute Gasteiger partial charge is 0.383 e. The molecular weight excluding hydrogens is 330 g/mol. The molecule has 1 amide bonds. The number of hydrogen-bond donors (Lipinski definition) is 0. The lowest BCUT2D eigenvalue weighted by Crippen LogP contribution is -2.30. The van der Waals surface area contributed by atoms with E-state index in [0.29, 0.717) is 25.3 Å². The van der Waals surface area contributed by atoms with Gasteiger partial charge in [-0.1, -0.05) is 0 Å². The van der Waals surface area contributed by atoms with Crippen LogP contribution in [-0.4, -0.2) is 59.4 Å². The highest BCUT2D eigenvalue weighted by molar-refractivity contribution is 5.94. The van der Waals surface area contributed by atoms with Gasteiger partial charge in [0.2, 0.25) is 0 Å². The number of benzene rings is 1. The van der Waals surface area contributed by atoms with Crippen LogP contribution in [0.3, 0.4) is 0 Å². The molecule has 0 aliphatic carbocycles. The average Bonchev–Trinajstić information content (AvgIpc) is 3.13. The summed E-state index contributed by atoms with van der Waals surface area (Å²) in [7, 11) is 3.45. The summed E-state index contributed by atoms with van der Waals surface area (Å²) < 4.78 is 7.00. The third-order valence-electron chi connectivity index (χ3n) is 4.79. The van der Waals surface area contributed by atoms with E-state index < -0.39 is 0 Å². The van der Waals surface area contributed by atoms with E-state index in [0.717, 1.165) is 18.9 Å². The molecule has 1 aliphatic rings. The summed E-state index contributed by atoms with van der Waals surface area (Å²) in [4.78, 5) is 16.8. The molecule has 3 rings (SSSR count). The molecule has 0 bridgehead atoms. The number of aromatic nitrogens is 3. The van der Waals surface area contributed by atoms with Gasteiger partial charge >= 0.3 is 0 Å². The zero-order chi connectivity index (χ0) is 18.4. The standard InChI is InChI=1S/C19H27N5O2/c1-22(14-18-21-20-15-24(18)12-13-26-2)19(25)16-6-8-17(9-7-16)23-10-4-3-5-11-23/h6-9,15H,3-5,10-14H2,1-2H3. The fraction of sp³-hybridized carbons (Fsp3) is 0.526. The molecule has 0 unspecified atom stereocenters. The van der Waals surface area contributed by atoms with Crippen molar-refractivity contribution in [1.29, 1.82) is 0 Å². The summed E-state index contributed by atoms with van der Waals surface area (Å²) in [5.41, 5.74) is 1.89. The second kappa shape index (κ2) is 8.80. The molecule has 2 heterocycles. The van der Waals surface area contributed by atoms with Gasteiger partial charge in [-0.15, -0.1) is 10.2 Å². The molecule has 7 heteroatoms. The van der Waals surface area contributed by atoms with E-state index in [1.165, 1.54) is 24.9 Å². The molecule has 7 nitrogen and oxygen atoms in total. The van der Waals surface area contributed by atoms with Crippen LogP contribution in [0.1, 0.15) is 35.4 Å². The Kier molecular flexibility index (Phi) is 6.22. The van der Waals surface area contributed by atoms with Crippen LogP contribution in [-0.2, 0) is 17.8 Å². The Hall–Kier alpha value is -2.41. The van der Waals surface area contributed by atoms with Crippen molar-refractivity contribution < 1.29 is 9.53 Å². The summed E-state index contributed by atoms with van der Waals surface area (Å²) in [6.45, 7) is 3.87. The van der Waals surface area contributed by atoms with E-state index in [1.54, 1.807) is 25.4 Å². The molecule has 140 valence electrons. The van der Waals surface area contributed by atoms with E-state index in [-0.39, 0.29) is 5.91 Å². The Bertz CT molecular complexity index is 707. The first kappa shape index (κ1) is 18.4. The highest BCUT2D eigenvalue weighted by atomic mass is 16.5. The van der Waals surface area contributed by atoms with E-state index in [2.05, 4.69) is 15.1 Å². The Labute approximate surface area is 154 Å². The van der Waals surface area contributed by atoms with Gasteiger partial charge in [0.15, 0.2) is 5.82 Å². The fourth-order valence-electron chi connectivity index (χ4n) is 3.25. The molecule has 0 radical (unpaired) electrons. The molecule has 1 fully saturated rings. The topological polar surface area (TPSA) is 63.5 Å². The van der Waals surface area contributed by atoms with Crippen LogP contribution in [0.15, 0.2) is 30.6 Å². The number of piperidine rings is 1. The number of anilines is 1. The second-order valence-corrected chi connectivity index (χ2v) is 6.69. The predicted octanol–water partition coefficient (Wildman–Crippen LogP) is 2.19. The van der Waals surface area contributed by atoms with E-state index >= 15 is 0 Å². The maximum absolute atomic E-state index is 12.7. The lowest BCUT2D eigenvalue weighted by atomic mass is 10.1. The Morgan fingerprint density at radius 3 is 2.62 bits per heavy atom. The smallest absolute Gasteiger partial charge is 0.254 e. The highest BCUT2D eigenvalue weighted by Crippen LogP contribution is 2.20. The summed E-state index contributed by atoms with van der Waals surface area (Å²) >= 11 is 0. The number of carbonyl (C=O) groups excluding carboxylic acids is 1. The maximum atomic E-state index is 12.7. The molecule has 1 aromatic heterocycles. The van der Waals surface area contributed by atoms with Gasteiger partial charge in [-0.2, -0.15) is 0 Å². The van der Waals surface area contributed by atoms with Gasteiger partial charge in [-0.05, 0) is 43.5 Å². The van der Waals surface area contributed by atoms with Gasteiger partial charge in [0.05, 0.1) is 13.2 Å². The van der Waals surface area contributed by atoms with Crippen LogP contribution in [0.4, 0.5) is 5.69 Å². The normalized spacial score (nSPS) is 14.5.